The van der Waals surface area contributed by atoms with E-state index in [1.807, 2.05) is 0 Å². The highest BCUT2D eigenvalue weighted by Crippen LogP contribution is 2.38. The van der Waals surface area contributed by atoms with Crippen molar-refractivity contribution in [3.63, 3.8) is 0 Å². The summed E-state index contributed by atoms with van der Waals surface area (Å²) in [6.45, 7) is 8.50. The molecular formula is C24H40N4O4. The van der Waals surface area contributed by atoms with Gasteiger partial charge in [-0.2, -0.15) is 0 Å². The second kappa shape index (κ2) is 10.7. The molecule has 0 radical (unpaired) electrons. The lowest BCUT2D eigenvalue weighted by Gasteiger charge is -2.38. The Bertz CT molecular complexity index is 702. The molecule has 8 heteroatoms. The van der Waals surface area contributed by atoms with E-state index in [0.717, 1.165) is 37.5 Å². The highest BCUT2D eigenvalue weighted by atomic mass is 16.5. The van der Waals surface area contributed by atoms with Crippen LogP contribution in [0.2, 0.25) is 0 Å². The quantitative estimate of drug-likeness (QED) is 0.655. The monoisotopic (exact) mass is 448 g/mol. The van der Waals surface area contributed by atoms with Crippen LogP contribution in [0, 0.1) is 23.7 Å². The lowest BCUT2D eigenvalue weighted by molar-refractivity contribution is 0.221. The summed E-state index contributed by atoms with van der Waals surface area (Å²) in [6.07, 6.45) is 4.07. The van der Waals surface area contributed by atoms with Gasteiger partial charge in [-0.05, 0) is 49.4 Å². The number of ether oxygens (including phenoxy) is 4. The minimum atomic E-state index is -0.0869. The Morgan fingerprint density at radius 1 is 0.531 bits per heavy atom. The fourth-order valence-electron chi connectivity index (χ4n) is 5.03. The number of nitrogens with zero attached hydrogens (tertiary/aromatic N) is 4. The average molecular weight is 449 g/mol. The number of aliphatic imine (C=N–C) groups is 4. The number of hydrogen-bond donors (Lipinski definition) is 0. The van der Waals surface area contributed by atoms with Crippen LogP contribution in [0.4, 0.5) is 0 Å². The highest BCUT2D eigenvalue weighted by Gasteiger charge is 2.41. The third kappa shape index (κ3) is 4.94. The topological polar surface area (TPSA) is 86.4 Å². The van der Waals surface area contributed by atoms with Crippen molar-refractivity contribution < 1.29 is 18.9 Å². The summed E-state index contributed by atoms with van der Waals surface area (Å²) < 4.78 is 22.6. The first-order valence-electron chi connectivity index (χ1n) is 11.8. The molecule has 2 aliphatic heterocycles. The zero-order valence-corrected chi connectivity index (χ0v) is 20.9. The molecule has 0 aromatic rings. The summed E-state index contributed by atoms with van der Waals surface area (Å²) in [7, 11) is 6.75. The largest absolute Gasteiger partial charge is 0.483 e. The van der Waals surface area contributed by atoms with Gasteiger partial charge in [-0.15, -0.1) is 0 Å². The lowest BCUT2D eigenvalue weighted by atomic mass is 9.75. The predicted octanol–water partition coefficient (Wildman–Crippen LogP) is 3.79. The Hall–Kier alpha value is -2.12. The van der Waals surface area contributed by atoms with Crippen molar-refractivity contribution in [3.05, 3.63) is 0 Å². The Morgan fingerprint density at radius 3 is 1.09 bits per heavy atom. The molecule has 3 aliphatic rings. The first kappa shape index (κ1) is 24.5. The molecule has 2 heterocycles. The average Bonchev–Trinajstić information content (AvgIpc) is 2.82. The normalized spacial score (nSPS) is 33.2. The molecule has 1 aliphatic carbocycles. The van der Waals surface area contributed by atoms with Gasteiger partial charge < -0.3 is 18.9 Å². The van der Waals surface area contributed by atoms with E-state index in [0.29, 0.717) is 35.5 Å². The molecule has 0 spiro atoms. The minimum absolute atomic E-state index is 0.0824. The Balaban J connectivity index is 1.73. The highest BCUT2D eigenvalue weighted by molar-refractivity contribution is 5.95. The van der Waals surface area contributed by atoms with Crippen molar-refractivity contribution in [2.75, 3.05) is 28.4 Å². The standard InChI is InChI=1S/C24H40N4O4/c1-13(2)17-21(29-5)27-19(23(25-17)31-7)15-9-11-16(12-10-15)20-24(32-8)26-18(14(3)4)22(28-20)30-6/h13-20H,9-12H2,1-8H3/t15?,16?,17-,18-,19+,20+/m1/s1. The molecule has 1 saturated carbocycles. The van der Waals surface area contributed by atoms with Crippen LogP contribution in [0.15, 0.2) is 20.0 Å². The van der Waals surface area contributed by atoms with E-state index < -0.39 is 0 Å². The van der Waals surface area contributed by atoms with E-state index in [9.17, 15) is 0 Å². The SMILES string of the molecule is COC1=N[C@H](C(C)C)C(OC)=N[C@H]1C1CCC([C@@H]2N=C(OC)[C@@H](C(C)C)N=C2OC)CC1. The first-order chi connectivity index (χ1) is 15.3. The van der Waals surface area contributed by atoms with Gasteiger partial charge >= 0.3 is 0 Å². The molecule has 8 nitrogen and oxygen atoms in total. The van der Waals surface area contributed by atoms with Gasteiger partial charge in [0.1, 0.15) is 24.2 Å². The van der Waals surface area contributed by atoms with Crippen LogP contribution >= 0.6 is 0 Å². The predicted molar refractivity (Wildman–Crippen MR) is 128 cm³/mol. The van der Waals surface area contributed by atoms with Crippen LogP contribution in [-0.2, 0) is 18.9 Å². The molecule has 0 bridgehead atoms. The molecule has 0 unspecified atom stereocenters. The van der Waals surface area contributed by atoms with E-state index in [1.54, 1.807) is 28.4 Å². The van der Waals surface area contributed by atoms with Gasteiger partial charge in [-0.3, -0.25) is 0 Å². The van der Waals surface area contributed by atoms with Gasteiger partial charge in [0, 0.05) is 0 Å². The van der Waals surface area contributed by atoms with E-state index in [2.05, 4.69) is 27.7 Å². The maximum Gasteiger partial charge on any atom is 0.209 e. The van der Waals surface area contributed by atoms with Gasteiger partial charge in [0.05, 0.1) is 28.4 Å². The van der Waals surface area contributed by atoms with E-state index in [4.69, 9.17) is 38.9 Å². The van der Waals surface area contributed by atoms with Crippen molar-refractivity contribution in [2.45, 2.75) is 77.5 Å². The van der Waals surface area contributed by atoms with Gasteiger partial charge in [-0.25, -0.2) is 20.0 Å². The van der Waals surface area contributed by atoms with Crippen LogP contribution in [0.5, 0.6) is 0 Å². The summed E-state index contributed by atoms with van der Waals surface area (Å²) in [6, 6.07) is -0.339. The van der Waals surface area contributed by atoms with Gasteiger partial charge in [0.25, 0.3) is 0 Å². The zero-order valence-electron chi connectivity index (χ0n) is 20.9. The van der Waals surface area contributed by atoms with Crippen LogP contribution in [0.1, 0.15) is 53.4 Å². The van der Waals surface area contributed by atoms with E-state index >= 15 is 0 Å². The van der Waals surface area contributed by atoms with Gasteiger partial charge in [-0.1, -0.05) is 27.7 Å². The Kier molecular flexibility index (Phi) is 8.17. The van der Waals surface area contributed by atoms with Crippen LogP contribution in [-0.4, -0.2) is 76.2 Å². The van der Waals surface area contributed by atoms with Crippen molar-refractivity contribution in [1.82, 2.24) is 0 Å². The molecule has 1 fully saturated rings. The molecule has 0 amide bonds. The second-order valence-electron chi connectivity index (χ2n) is 9.63. The van der Waals surface area contributed by atoms with Crippen molar-refractivity contribution in [2.24, 2.45) is 43.6 Å². The van der Waals surface area contributed by atoms with Crippen molar-refractivity contribution >= 4 is 23.6 Å². The number of hydrogen-bond acceptors (Lipinski definition) is 8. The molecule has 0 aromatic carbocycles. The lowest BCUT2D eigenvalue weighted by Crippen LogP contribution is -2.44. The maximum atomic E-state index is 5.68. The number of methoxy groups -OCH3 is 4. The van der Waals surface area contributed by atoms with Gasteiger partial charge in [0.2, 0.25) is 23.6 Å². The van der Waals surface area contributed by atoms with E-state index in [-0.39, 0.29) is 24.2 Å². The summed E-state index contributed by atoms with van der Waals surface area (Å²) in [5.41, 5.74) is 0. The van der Waals surface area contributed by atoms with Crippen molar-refractivity contribution in [1.29, 1.82) is 0 Å². The fraction of sp³-hybridized carbons (Fsp3) is 0.833. The minimum Gasteiger partial charge on any atom is -0.483 e. The Labute approximate surface area is 192 Å². The molecule has 0 N–H and O–H groups in total. The molecule has 3 rings (SSSR count). The summed E-state index contributed by atoms with van der Waals surface area (Å²) in [5.74, 6) is 4.21. The molecule has 0 aromatic heterocycles. The third-order valence-electron chi connectivity index (χ3n) is 6.89. The Morgan fingerprint density at radius 2 is 0.844 bits per heavy atom. The van der Waals surface area contributed by atoms with Crippen LogP contribution in [0.25, 0.3) is 0 Å². The van der Waals surface area contributed by atoms with Crippen molar-refractivity contribution in [3.8, 4) is 0 Å². The van der Waals surface area contributed by atoms with Crippen LogP contribution in [0.3, 0.4) is 0 Å². The molecular weight excluding hydrogens is 408 g/mol. The zero-order chi connectivity index (χ0) is 23.4. The smallest absolute Gasteiger partial charge is 0.209 e. The third-order valence-corrected chi connectivity index (χ3v) is 6.89. The maximum absolute atomic E-state index is 5.68. The summed E-state index contributed by atoms with van der Waals surface area (Å²) in [5, 5.41) is 0. The van der Waals surface area contributed by atoms with Gasteiger partial charge in [0.15, 0.2) is 0 Å². The molecule has 4 atom stereocenters. The number of rotatable bonds is 4. The molecule has 180 valence electrons. The molecule has 0 saturated heterocycles. The summed E-state index contributed by atoms with van der Waals surface area (Å²) in [4.78, 5) is 19.6. The first-order valence-corrected chi connectivity index (χ1v) is 11.8. The fourth-order valence-corrected chi connectivity index (χ4v) is 5.03. The second-order valence-corrected chi connectivity index (χ2v) is 9.63. The summed E-state index contributed by atoms with van der Waals surface area (Å²) >= 11 is 0. The van der Waals surface area contributed by atoms with Crippen LogP contribution < -0.4 is 0 Å². The molecule has 32 heavy (non-hydrogen) atoms. The van der Waals surface area contributed by atoms with E-state index in [1.165, 1.54) is 0 Å².